The number of carbonyl (C=O) groups excluding carboxylic acids is 1. The van der Waals surface area contributed by atoms with Crippen molar-refractivity contribution in [1.29, 1.82) is 0 Å². The van der Waals surface area contributed by atoms with Crippen LogP contribution in [0.4, 0.5) is 11.4 Å². The Labute approximate surface area is 147 Å². The average molecular weight is 387 g/mol. The van der Waals surface area contributed by atoms with Crippen LogP contribution < -0.4 is 5.32 Å². The van der Waals surface area contributed by atoms with E-state index < -0.39 is 5.97 Å². The number of nitrogens with one attached hydrogen (secondary N) is 1. The molecule has 0 aliphatic carbocycles. The summed E-state index contributed by atoms with van der Waals surface area (Å²) in [5, 5.41) is 13.5. The van der Waals surface area contributed by atoms with Gasteiger partial charge in [0.2, 0.25) is 0 Å². The number of phenolic OH excluding ortho intramolecular Hbond substituents is 1. The SMILES string of the molecule is CCOC(=O)c1cnc2ccc(Br)cc2c1Nc1ccc(O)cc1. The third kappa shape index (κ3) is 3.33. The van der Waals surface area contributed by atoms with E-state index in [0.717, 1.165) is 21.1 Å². The number of hydrogen-bond donors (Lipinski definition) is 2. The van der Waals surface area contributed by atoms with E-state index in [0.29, 0.717) is 11.3 Å². The monoisotopic (exact) mass is 386 g/mol. The van der Waals surface area contributed by atoms with Crippen LogP contribution >= 0.6 is 15.9 Å². The number of esters is 1. The zero-order valence-electron chi connectivity index (χ0n) is 12.9. The van der Waals surface area contributed by atoms with Gasteiger partial charge in [-0.3, -0.25) is 4.98 Å². The molecule has 2 aromatic carbocycles. The minimum atomic E-state index is -0.437. The molecule has 24 heavy (non-hydrogen) atoms. The summed E-state index contributed by atoms with van der Waals surface area (Å²) in [6, 6.07) is 12.3. The molecule has 0 bridgehead atoms. The van der Waals surface area contributed by atoms with Crippen molar-refractivity contribution in [3.05, 3.63) is 58.7 Å². The second-order valence-corrected chi connectivity index (χ2v) is 6.02. The van der Waals surface area contributed by atoms with Gasteiger partial charge < -0.3 is 15.2 Å². The van der Waals surface area contributed by atoms with E-state index in [1.807, 2.05) is 18.2 Å². The third-order valence-electron chi connectivity index (χ3n) is 3.46. The summed E-state index contributed by atoms with van der Waals surface area (Å²) in [5.74, 6) is -0.262. The quantitative estimate of drug-likeness (QED) is 0.505. The van der Waals surface area contributed by atoms with Crippen molar-refractivity contribution >= 4 is 44.2 Å². The minimum Gasteiger partial charge on any atom is -0.508 e. The van der Waals surface area contributed by atoms with Gasteiger partial charge in [0.05, 0.1) is 17.8 Å². The molecular formula is C18H15BrN2O3. The fourth-order valence-corrected chi connectivity index (χ4v) is 2.71. The van der Waals surface area contributed by atoms with Crippen LogP contribution in [0.5, 0.6) is 5.75 Å². The van der Waals surface area contributed by atoms with Crippen molar-refractivity contribution in [2.24, 2.45) is 0 Å². The van der Waals surface area contributed by atoms with Gasteiger partial charge >= 0.3 is 5.97 Å². The molecule has 0 saturated carbocycles. The van der Waals surface area contributed by atoms with E-state index in [2.05, 4.69) is 26.2 Å². The number of phenols is 1. The van der Waals surface area contributed by atoms with E-state index in [9.17, 15) is 9.90 Å². The molecule has 5 nitrogen and oxygen atoms in total. The highest BCUT2D eigenvalue weighted by Gasteiger charge is 2.17. The molecule has 0 aliphatic rings. The number of benzene rings is 2. The number of nitrogens with zero attached hydrogens (tertiary/aromatic N) is 1. The van der Waals surface area contributed by atoms with Gasteiger partial charge in [-0.2, -0.15) is 0 Å². The topological polar surface area (TPSA) is 71.5 Å². The van der Waals surface area contributed by atoms with Gasteiger partial charge in [0, 0.05) is 21.7 Å². The minimum absolute atomic E-state index is 0.175. The standard InChI is InChI=1S/C18H15BrN2O3/c1-2-24-18(23)15-10-20-16-8-3-11(19)9-14(16)17(15)21-12-4-6-13(22)7-5-12/h3-10,22H,2H2,1H3,(H,20,21). The molecule has 3 aromatic rings. The first kappa shape index (κ1) is 16.3. The first-order chi connectivity index (χ1) is 11.6. The molecule has 1 aromatic heterocycles. The lowest BCUT2D eigenvalue weighted by Gasteiger charge is -2.14. The summed E-state index contributed by atoms with van der Waals surface area (Å²) >= 11 is 3.45. The van der Waals surface area contributed by atoms with Crippen molar-refractivity contribution in [3.63, 3.8) is 0 Å². The smallest absolute Gasteiger partial charge is 0.341 e. The van der Waals surface area contributed by atoms with Crippen LogP contribution in [0.3, 0.4) is 0 Å². The molecular weight excluding hydrogens is 372 g/mol. The highest BCUT2D eigenvalue weighted by atomic mass is 79.9. The van der Waals surface area contributed by atoms with E-state index in [-0.39, 0.29) is 12.4 Å². The Bertz CT molecular complexity index is 895. The largest absolute Gasteiger partial charge is 0.508 e. The summed E-state index contributed by atoms with van der Waals surface area (Å²) < 4.78 is 6.01. The molecule has 3 rings (SSSR count). The summed E-state index contributed by atoms with van der Waals surface area (Å²) in [4.78, 5) is 16.6. The summed E-state index contributed by atoms with van der Waals surface area (Å²) in [7, 11) is 0. The Morgan fingerprint density at radius 3 is 2.71 bits per heavy atom. The Morgan fingerprint density at radius 1 is 1.25 bits per heavy atom. The number of anilines is 2. The molecule has 0 aliphatic heterocycles. The predicted molar refractivity (Wildman–Crippen MR) is 96.8 cm³/mol. The number of hydrogen-bond acceptors (Lipinski definition) is 5. The summed E-state index contributed by atoms with van der Waals surface area (Å²) in [5.41, 5.74) is 2.47. The van der Waals surface area contributed by atoms with Gasteiger partial charge in [-0.15, -0.1) is 0 Å². The van der Waals surface area contributed by atoms with Crippen LogP contribution in [-0.4, -0.2) is 22.7 Å². The number of aromatic nitrogens is 1. The van der Waals surface area contributed by atoms with Crippen molar-refractivity contribution in [2.75, 3.05) is 11.9 Å². The van der Waals surface area contributed by atoms with Crippen LogP contribution in [-0.2, 0) is 4.74 Å². The Hall–Kier alpha value is -2.60. The zero-order valence-corrected chi connectivity index (χ0v) is 14.5. The fourth-order valence-electron chi connectivity index (χ4n) is 2.35. The summed E-state index contributed by atoms with van der Waals surface area (Å²) in [6.07, 6.45) is 1.51. The van der Waals surface area contributed by atoms with Crippen LogP contribution in [0.1, 0.15) is 17.3 Å². The highest BCUT2D eigenvalue weighted by molar-refractivity contribution is 9.10. The maximum absolute atomic E-state index is 12.3. The van der Waals surface area contributed by atoms with Crippen molar-refractivity contribution in [2.45, 2.75) is 6.92 Å². The van der Waals surface area contributed by atoms with Crippen molar-refractivity contribution < 1.29 is 14.6 Å². The van der Waals surface area contributed by atoms with E-state index in [1.54, 1.807) is 31.2 Å². The second kappa shape index (κ2) is 6.88. The van der Waals surface area contributed by atoms with Gasteiger partial charge in [-0.25, -0.2) is 4.79 Å². The summed E-state index contributed by atoms with van der Waals surface area (Å²) in [6.45, 7) is 2.05. The van der Waals surface area contributed by atoms with Gasteiger partial charge in [-0.05, 0) is 49.4 Å². The molecule has 0 unspecified atom stereocenters. The lowest BCUT2D eigenvalue weighted by molar-refractivity contribution is 0.0527. The Morgan fingerprint density at radius 2 is 2.00 bits per heavy atom. The van der Waals surface area contributed by atoms with Gasteiger partial charge in [0.15, 0.2) is 0 Å². The maximum Gasteiger partial charge on any atom is 0.341 e. The lowest BCUT2D eigenvalue weighted by Crippen LogP contribution is -2.09. The van der Waals surface area contributed by atoms with Gasteiger partial charge in [0.1, 0.15) is 11.3 Å². The van der Waals surface area contributed by atoms with E-state index in [4.69, 9.17) is 4.74 Å². The molecule has 0 saturated heterocycles. The molecule has 0 amide bonds. The lowest BCUT2D eigenvalue weighted by atomic mass is 10.1. The number of aromatic hydroxyl groups is 1. The normalized spacial score (nSPS) is 10.6. The van der Waals surface area contributed by atoms with E-state index >= 15 is 0 Å². The number of carbonyl (C=O) groups is 1. The first-order valence-corrected chi connectivity index (χ1v) is 8.19. The number of fused-ring (bicyclic) bond motifs is 1. The number of halogens is 1. The fraction of sp³-hybridized carbons (Fsp3) is 0.111. The molecule has 1 heterocycles. The molecule has 6 heteroatoms. The highest BCUT2D eigenvalue weighted by Crippen LogP contribution is 2.32. The average Bonchev–Trinajstić information content (AvgIpc) is 2.57. The van der Waals surface area contributed by atoms with Crippen LogP contribution in [0.25, 0.3) is 10.9 Å². The second-order valence-electron chi connectivity index (χ2n) is 5.10. The van der Waals surface area contributed by atoms with Crippen LogP contribution in [0.15, 0.2) is 53.1 Å². The van der Waals surface area contributed by atoms with E-state index in [1.165, 1.54) is 6.20 Å². The maximum atomic E-state index is 12.3. The first-order valence-electron chi connectivity index (χ1n) is 7.40. The van der Waals surface area contributed by atoms with Crippen LogP contribution in [0.2, 0.25) is 0 Å². The molecule has 0 spiro atoms. The predicted octanol–water partition coefficient (Wildman–Crippen LogP) is 4.62. The molecule has 2 N–H and O–H groups in total. The van der Waals surface area contributed by atoms with Crippen molar-refractivity contribution in [3.8, 4) is 5.75 Å². The Kier molecular flexibility index (Phi) is 4.66. The number of pyridine rings is 1. The number of ether oxygens (including phenoxy) is 1. The van der Waals surface area contributed by atoms with Crippen LogP contribution in [0, 0.1) is 0 Å². The Balaban J connectivity index is 2.16. The number of rotatable bonds is 4. The molecule has 122 valence electrons. The van der Waals surface area contributed by atoms with Gasteiger partial charge in [-0.1, -0.05) is 15.9 Å². The zero-order chi connectivity index (χ0) is 17.1. The van der Waals surface area contributed by atoms with Gasteiger partial charge in [0.25, 0.3) is 0 Å². The molecule has 0 atom stereocenters. The van der Waals surface area contributed by atoms with Crippen molar-refractivity contribution in [1.82, 2.24) is 4.98 Å². The third-order valence-corrected chi connectivity index (χ3v) is 3.96. The molecule has 0 radical (unpaired) electrons. The molecule has 0 fully saturated rings.